The Morgan fingerprint density at radius 1 is 1.42 bits per heavy atom. The van der Waals surface area contributed by atoms with E-state index in [1.165, 1.54) is 0 Å². The Morgan fingerprint density at radius 3 is 2.63 bits per heavy atom. The molecule has 3 nitrogen and oxygen atoms in total. The van der Waals surface area contributed by atoms with Crippen LogP contribution in [0.3, 0.4) is 0 Å². The van der Waals surface area contributed by atoms with Crippen LogP contribution in [0.15, 0.2) is 18.2 Å². The Morgan fingerprint density at radius 2 is 2.11 bits per heavy atom. The summed E-state index contributed by atoms with van der Waals surface area (Å²) >= 11 is 0. The van der Waals surface area contributed by atoms with Crippen molar-refractivity contribution >= 4 is 0 Å². The van der Waals surface area contributed by atoms with E-state index in [2.05, 4.69) is 5.43 Å². The molecule has 106 valence electrons. The van der Waals surface area contributed by atoms with Crippen LogP contribution < -0.4 is 11.3 Å². The fourth-order valence-electron chi connectivity index (χ4n) is 3.12. The molecule has 0 amide bonds. The van der Waals surface area contributed by atoms with Gasteiger partial charge in [0.1, 0.15) is 5.82 Å². The number of nitrogens with one attached hydrogen (secondary N) is 1. The molecule has 1 unspecified atom stereocenters. The minimum absolute atomic E-state index is 0.162. The third-order valence-electron chi connectivity index (χ3n) is 4.10. The lowest BCUT2D eigenvalue weighted by Gasteiger charge is -2.37. The molecule has 3 N–H and O–H groups in total. The summed E-state index contributed by atoms with van der Waals surface area (Å²) in [6, 6.07) is 5.13. The van der Waals surface area contributed by atoms with Gasteiger partial charge >= 0.3 is 0 Å². The molecule has 0 spiro atoms. The zero-order valence-corrected chi connectivity index (χ0v) is 11.7. The number of hydrazine groups is 1. The third kappa shape index (κ3) is 2.81. The van der Waals surface area contributed by atoms with Crippen molar-refractivity contribution in [1.29, 1.82) is 0 Å². The van der Waals surface area contributed by atoms with Gasteiger partial charge in [-0.1, -0.05) is 25.0 Å². The van der Waals surface area contributed by atoms with Crippen LogP contribution in [0.25, 0.3) is 0 Å². The number of nitrogens with two attached hydrogens (primary N) is 1. The van der Waals surface area contributed by atoms with Gasteiger partial charge in [0.15, 0.2) is 0 Å². The fraction of sp³-hybridized carbons (Fsp3) is 0.600. The quantitative estimate of drug-likeness (QED) is 0.636. The SMILES string of the molecule is CCOC1(C(NN)c2ccc(C)c(F)c2)CCCC1. The maximum Gasteiger partial charge on any atom is 0.126 e. The molecule has 1 aliphatic carbocycles. The van der Waals surface area contributed by atoms with Crippen molar-refractivity contribution in [1.82, 2.24) is 5.43 Å². The van der Waals surface area contributed by atoms with Crippen LogP contribution in [0.5, 0.6) is 0 Å². The highest BCUT2D eigenvalue weighted by Gasteiger charge is 2.42. The Balaban J connectivity index is 2.33. The molecule has 1 fully saturated rings. The van der Waals surface area contributed by atoms with E-state index in [1.54, 1.807) is 19.1 Å². The average Bonchev–Trinajstić information content (AvgIpc) is 2.84. The molecule has 0 radical (unpaired) electrons. The zero-order valence-electron chi connectivity index (χ0n) is 11.7. The molecule has 1 atom stereocenters. The average molecular weight is 266 g/mol. The molecule has 0 aromatic heterocycles. The van der Waals surface area contributed by atoms with Crippen LogP contribution >= 0.6 is 0 Å². The van der Waals surface area contributed by atoms with Crippen molar-refractivity contribution in [2.45, 2.75) is 51.2 Å². The second-order valence-corrected chi connectivity index (χ2v) is 5.31. The van der Waals surface area contributed by atoms with Crippen LogP contribution in [-0.2, 0) is 4.74 Å². The molecule has 0 heterocycles. The molecule has 1 aromatic carbocycles. The lowest BCUT2D eigenvalue weighted by atomic mass is 9.86. The normalized spacial score (nSPS) is 19.6. The van der Waals surface area contributed by atoms with Crippen LogP contribution in [0.4, 0.5) is 4.39 Å². The van der Waals surface area contributed by atoms with E-state index < -0.39 is 0 Å². The summed E-state index contributed by atoms with van der Waals surface area (Å²) in [4.78, 5) is 0. The Hall–Kier alpha value is -0.970. The minimum Gasteiger partial charge on any atom is -0.373 e. The van der Waals surface area contributed by atoms with Crippen molar-refractivity contribution in [3.8, 4) is 0 Å². The molecule has 1 aliphatic rings. The van der Waals surface area contributed by atoms with Crippen LogP contribution in [-0.4, -0.2) is 12.2 Å². The summed E-state index contributed by atoms with van der Waals surface area (Å²) in [7, 11) is 0. The molecule has 2 rings (SSSR count). The highest BCUT2D eigenvalue weighted by Crippen LogP contribution is 2.42. The van der Waals surface area contributed by atoms with E-state index in [0.29, 0.717) is 12.2 Å². The molecule has 0 aliphatic heterocycles. The predicted molar refractivity (Wildman–Crippen MR) is 74.0 cm³/mol. The van der Waals surface area contributed by atoms with E-state index in [1.807, 2.05) is 13.0 Å². The molecular weight excluding hydrogens is 243 g/mol. The van der Waals surface area contributed by atoms with Crippen molar-refractivity contribution in [3.63, 3.8) is 0 Å². The van der Waals surface area contributed by atoms with Gasteiger partial charge in [-0.15, -0.1) is 0 Å². The summed E-state index contributed by atoms with van der Waals surface area (Å²) in [6.07, 6.45) is 4.19. The molecule has 1 aromatic rings. The van der Waals surface area contributed by atoms with Gasteiger partial charge in [-0.25, -0.2) is 4.39 Å². The maximum atomic E-state index is 13.8. The summed E-state index contributed by atoms with van der Waals surface area (Å²) < 4.78 is 19.8. The number of hydrogen-bond donors (Lipinski definition) is 2. The lowest BCUT2D eigenvalue weighted by Crippen LogP contribution is -2.47. The van der Waals surface area contributed by atoms with Crippen molar-refractivity contribution in [2.24, 2.45) is 5.84 Å². The first kappa shape index (κ1) is 14.4. The second kappa shape index (κ2) is 5.99. The monoisotopic (exact) mass is 266 g/mol. The fourth-order valence-corrected chi connectivity index (χ4v) is 3.12. The Bertz CT molecular complexity index is 430. The molecule has 0 saturated heterocycles. The van der Waals surface area contributed by atoms with Gasteiger partial charge in [0.2, 0.25) is 0 Å². The van der Waals surface area contributed by atoms with Crippen molar-refractivity contribution < 1.29 is 9.13 Å². The largest absolute Gasteiger partial charge is 0.373 e. The molecule has 4 heteroatoms. The number of benzene rings is 1. The maximum absolute atomic E-state index is 13.8. The van der Waals surface area contributed by atoms with Gasteiger partial charge in [0.05, 0.1) is 11.6 Å². The lowest BCUT2D eigenvalue weighted by molar-refractivity contribution is -0.0627. The van der Waals surface area contributed by atoms with Gasteiger partial charge < -0.3 is 4.74 Å². The van der Waals surface area contributed by atoms with Gasteiger partial charge in [-0.05, 0) is 43.9 Å². The number of hydrogen-bond acceptors (Lipinski definition) is 3. The second-order valence-electron chi connectivity index (χ2n) is 5.31. The highest BCUT2D eigenvalue weighted by molar-refractivity contribution is 5.28. The number of ether oxygens (including phenoxy) is 1. The Kier molecular flexibility index (Phi) is 4.55. The van der Waals surface area contributed by atoms with Gasteiger partial charge in [0, 0.05) is 6.61 Å². The number of aryl methyl sites for hydroxylation is 1. The van der Waals surface area contributed by atoms with Crippen LogP contribution in [0.1, 0.15) is 49.8 Å². The van der Waals surface area contributed by atoms with E-state index in [0.717, 1.165) is 31.2 Å². The minimum atomic E-state index is -0.300. The third-order valence-corrected chi connectivity index (χ3v) is 4.10. The first-order chi connectivity index (χ1) is 9.13. The van der Waals surface area contributed by atoms with E-state index >= 15 is 0 Å². The highest BCUT2D eigenvalue weighted by atomic mass is 19.1. The van der Waals surface area contributed by atoms with Crippen molar-refractivity contribution in [2.75, 3.05) is 6.61 Å². The predicted octanol–water partition coefficient (Wildman–Crippen LogP) is 2.99. The summed E-state index contributed by atoms with van der Waals surface area (Å²) in [6.45, 7) is 4.40. The number of rotatable bonds is 5. The smallest absolute Gasteiger partial charge is 0.126 e. The zero-order chi connectivity index (χ0) is 13.9. The van der Waals surface area contributed by atoms with E-state index in [4.69, 9.17) is 10.6 Å². The standard InChI is InChI=1S/C15H23FN2O/c1-3-19-15(8-4-5-9-15)14(18-17)12-7-6-11(2)13(16)10-12/h6-7,10,14,18H,3-5,8-9,17H2,1-2H3. The van der Waals surface area contributed by atoms with Gasteiger partial charge in [-0.3, -0.25) is 11.3 Å². The molecule has 1 saturated carbocycles. The van der Waals surface area contributed by atoms with E-state index in [-0.39, 0.29) is 17.5 Å². The summed E-state index contributed by atoms with van der Waals surface area (Å²) in [5.74, 6) is 5.54. The van der Waals surface area contributed by atoms with Gasteiger partial charge in [-0.2, -0.15) is 0 Å². The Labute approximate surface area is 114 Å². The summed E-state index contributed by atoms with van der Waals surface area (Å²) in [5, 5.41) is 0. The molecular formula is C15H23FN2O. The molecule has 0 bridgehead atoms. The van der Waals surface area contributed by atoms with Crippen LogP contribution in [0, 0.1) is 12.7 Å². The van der Waals surface area contributed by atoms with E-state index in [9.17, 15) is 4.39 Å². The number of halogens is 1. The first-order valence-electron chi connectivity index (χ1n) is 6.99. The topological polar surface area (TPSA) is 47.3 Å². The van der Waals surface area contributed by atoms with Crippen LogP contribution in [0.2, 0.25) is 0 Å². The summed E-state index contributed by atoms with van der Waals surface area (Å²) in [5.41, 5.74) is 4.05. The molecule has 19 heavy (non-hydrogen) atoms. The first-order valence-corrected chi connectivity index (χ1v) is 6.99. The van der Waals surface area contributed by atoms with Crippen molar-refractivity contribution in [3.05, 3.63) is 35.1 Å². The van der Waals surface area contributed by atoms with Gasteiger partial charge in [0.25, 0.3) is 0 Å².